The molecule has 0 bridgehead atoms. The Hall–Kier alpha value is -0.910. The lowest BCUT2D eigenvalue weighted by Crippen LogP contribution is -2.32. The Kier molecular flexibility index (Phi) is 6.48. The minimum Gasteiger partial charge on any atom is -0.393 e. The van der Waals surface area contributed by atoms with E-state index in [2.05, 4.69) is 21.2 Å². The zero-order chi connectivity index (χ0) is 14.4. The van der Waals surface area contributed by atoms with Crippen LogP contribution in [0.3, 0.4) is 0 Å². The molecule has 0 saturated carbocycles. The van der Waals surface area contributed by atoms with E-state index in [0.29, 0.717) is 19.5 Å². The van der Waals surface area contributed by atoms with Crippen LogP contribution in [0.15, 0.2) is 22.7 Å². The van der Waals surface area contributed by atoms with Gasteiger partial charge < -0.3 is 10.4 Å². The molecular formula is C14H21BrN2O2. The van der Waals surface area contributed by atoms with Crippen LogP contribution in [-0.4, -0.2) is 42.2 Å². The van der Waals surface area contributed by atoms with Crippen molar-refractivity contribution in [2.45, 2.75) is 26.4 Å². The second-order valence-corrected chi connectivity index (χ2v) is 5.76. The van der Waals surface area contributed by atoms with Crippen LogP contribution >= 0.6 is 15.9 Å². The standard InChI is InChI=1S/C14H21BrN2O2/c1-10-4-5-13(12(15)8-10)16-14(19)9-17(3)7-6-11(2)18/h4-5,8,11,18H,6-7,9H2,1-3H3,(H,16,19). The first-order valence-corrected chi connectivity index (χ1v) is 7.10. The number of anilines is 1. The number of nitrogens with one attached hydrogen (secondary N) is 1. The Balaban J connectivity index is 2.46. The van der Waals surface area contributed by atoms with Crippen LogP contribution in [0.2, 0.25) is 0 Å². The molecule has 0 saturated heterocycles. The average molecular weight is 329 g/mol. The van der Waals surface area contributed by atoms with E-state index in [0.717, 1.165) is 15.7 Å². The van der Waals surface area contributed by atoms with E-state index in [1.807, 2.05) is 37.1 Å². The molecule has 106 valence electrons. The fraction of sp³-hybridized carbons (Fsp3) is 0.500. The molecule has 1 rings (SSSR count). The summed E-state index contributed by atoms with van der Waals surface area (Å²) < 4.78 is 0.882. The molecule has 0 heterocycles. The second-order valence-electron chi connectivity index (χ2n) is 4.91. The third-order valence-electron chi connectivity index (χ3n) is 2.74. The number of rotatable bonds is 6. The first kappa shape index (κ1) is 16.1. The van der Waals surface area contributed by atoms with Gasteiger partial charge in [0.2, 0.25) is 5.91 Å². The molecule has 0 aliphatic carbocycles. The molecule has 0 spiro atoms. The van der Waals surface area contributed by atoms with Gasteiger partial charge in [0, 0.05) is 11.0 Å². The van der Waals surface area contributed by atoms with Gasteiger partial charge >= 0.3 is 0 Å². The van der Waals surface area contributed by atoms with Gasteiger partial charge in [-0.05, 0) is 60.9 Å². The third-order valence-corrected chi connectivity index (χ3v) is 3.40. The van der Waals surface area contributed by atoms with Crippen molar-refractivity contribution in [3.8, 4) is 0 Å². The number of aliphatic hydroxyl groups is 1. The number of benzene rings is 1. The molecule has 1 aromatic rings. The van der Waals surface area contributed by atoms with Gasteiger partial charge in [0.1, 0.15) is 0 Å². The number of carbonyl (C=O) groups is 1. The number of amides is 1. The number of halogens is 1. The van der Waals surface area contributed by atoms with Crippen molar-refractivity contribution in [3.05, 3.63) is 28.2 Å². The molecule has 0 fully saturated rings. The van der Waals surface area contributed by atoms with Crippen LogP contribution in [0, 0.1) is 6.92 Å². The summed E-state index contributed by atoms with van der Waals surface area (Å²) in [6.45, 7) is 4.75. The van der Waals surface area contributed by atoms with Gasteiger partial charge in [-0.1, -0.05) is 6.07 Å². The van der Waals surface area contributed by atoms with Crippen molar-refractivity contribution in [2.24, 2.45) is 0 Å². The van der Waals surface area contributed by atoms with Crippen LogP contribution in [-0.2, 0) is 4.79 Å². The zero-order valence-electron chi connectivity index (χ0n) is 11.6. The number of hydrogen-bond donors (Lipinski definition) is 2. The third kappa shape index (κ3) is 6.18. The van der Waals surface area contributed by atoms with E-state index in [1.54, 1.807) is 6.92 Å². The van der Waals surface area contributed by atoms with Gasteiger partial charge in [0.25, 0.3) is 0 Å². The van der Waals surface area contributed by atoms with Crippen molar-refractivity contribution in [1.82, 2.24) is 4.90 Å². The molecule has 2 N–H and O–H groups in total. The topological polar surface area (TPSA) is 52.6 Å². The Labute approximate surface area is 122 Å². The minimum atomic E-state index is -0.336. The van der Waals surface area contributed by atoms with Gasteiger partial charge in [-0.15, -0.1) is 0 Å². The highest BCUT2D eigenvalue weighted by atomic mass is 79.9. The number of aliphatic hydroxyl groups excluding tert-OH is 1. The van der Waals surface area contributed by atoms with E-state index in [1.165, 1.54) is 0 Å². The van der Waals surface area contributed by atoms with Crippen LogP contribution in [0.25, 0.3) is 0 Å². The maximum atomic E-state index is 11.9. The normalized spacial score (nSPS) is 12.5. The molecule has 0 aliphatic heterocycles. The van der Waals surface area contributed by atoms with Crippen LogP contribution in [0.5, 0.6) is 0 Å². The zero-order valence-corrected chi connectivity index (χ0v) is 13.2. The summed E-state index contributed by atoms with van der Waals surface area (Å²) in [7, 11) is 1.87. The highest BCUT2D eigenvalue weighted by Gasteiger charge is 2.09. The van der Waals surface area contributed by atoms with Gasteiger partial charge in [-0.25, -0.2) is 0 Å². The fourth-order valence-electron chi connectivity index (χ4n) is 1.64. The summed E-state index contributed by atoms with van der Waals surface area (Å²) >= 11 is 3.43. The fourth-order valence-corrected chi connectivity index (χ4v) is 2.24. The smallest absolute Gasteiger partial charge is 0.238 e. The molecule has 4 nitrogen and oxygen atoms in total. The number of aryl methyl sites for hydroxylation is 1. The van der Waals surface area contributed by atoms with E-state index >= 15 is 0 Å². The summed E-state index contributed by atoms with van der Waals surface area (Å²) in [4.78, 5) is 13.8. The predicted octanol–water partition coefficient (Wildman–Crippen LogP) is 2.40. The maximum Gasteiger partial charge on any atom is 0.238 e. The second kappa shape index (κ2) is 7.62. The lowest BCUT2D eigenvalue weighted by atomic mass is 10.2. The van der Waals surface area contributed by atoms with Crippen molar-refractivity contribution < 1.29 is 9.90 Å². The minimum absolute atomic E-state index is 0.0577. The van der Waals surface area contributed by atoms with Crippen molar-refractivity contribution >= 4 is 27.5 Å². The van der Waals surface area contributed by atoms with Crippen molar-refractivity contribution in [2.75, 3.05) is 25.5 Å². The SMILES string of the molecule is Cc1ccc(NC(=O)CN(C)CCC(C)O)c(Br)c1. The van der Waals surface area contributed by atoms with Crippen LogP contribution < -0.4 is 5.32 Å². The largest absolute Gasteiger partial charge is 0.393 e. The van der Waals surface area contributed by atoms with Crippen molar-refractivity contribution in [3.63, 3.8) is 0 Å². The Morgan fingerprint density at radius 2 is 2.21 bits per heavy atom. The Morgan fingerprint density at radius 3 is 2.79 bits per heavy atom. The monoisotopic (exact) mass is 328 g/mol. The molecule has 1 aromatic carbocycles. The molecular weight excluding hydrogens is 308 g/mol. The lowest BCUT2D eigenvalue weighted by Gasteiger charge is -2.17. The summed E-state index contributed by atoms with van der Waals surface area (Å²) in [5, 5.41) is 12.1. The Bertz CT molecular complexity index is 435. The maximum absolute atomic E-state index is 11.9. The highest BCUT2D eigenvalue weighted by molar-refractivity contribution is 9.10. The first-order valence-electron chi connectivity index (χ1n) is 6.31. The lowest BCUT2D eigenvalue weighted by molar-refractivity contribution is -0.117. The molecule has 0 aromatic heterocycles. The number of carbonyl (C=O) groups excluding carboxylic acids is 1. The molecule has 1 unspecified atom stereocenters. The summed E-state index contributed by atoms with van der Waals surface area (Å²) in [6, 6.07) is 5.80. The highest BCUT2D eigenvalue weighted by Crippen LogP contribution is 2.23. The predicted molar refractivity (Wildman–Crippen MR) is 81.3 cm³/mol. The van der Waals surface area contributed by atoms with Gasteiger partial charge in [-0.2, -0.15) is 0 Å². The van der Waals surface area contributed by atoms with E-state index in [-0.39, 0.29) is 12.0 Å². The first-order chi connectivity index (χ1) is 8.88. The molecule has 0 radical (unpaired) electrons. The Morgan fingerprint density at radius 1 is 1.53 bits per heavy atom. The van der Waals surface area contributed by atoms with E-state index in [4.69, 9.17) is 0 Å². The van der Waals surface area contributed by atoms with Gasteiger partial charge in [-0.3, -0.25) is 9.69 Å². The van der Waals surface area contributed by atoms with E-state index < -0.39 is 0 Å². The summed E-state index contributed by atoms with van der Waals surface area (Å²) in [5.74, 6) is -0.0577. The van der Waals surface area contributed by atoms with E-state index in [9.17, 15) is 9.90 Å². The summed E-state index contributed by atoms with van der Waals surface area (Å²) in [6.07, 6.45) is 0.328. The van der Waals surface area contributed by atoms with Crippen molar-refractivity contribution in [1.29, 1.82) is 0 Å². The average Bonchev–Trinajstić information content (AvgIpc) is 2.30. The van der Waals surface area contributed by atoms with Gasteiger partial charge in [0.05, 0.1) is 18.3 Å². The number of hydrogen-bond acceptors (Lipinski definition) is 3. The van der Waals surface area contributed by atoms with Gasteiger partial charge in [0.15, 0.2) is 0 Å². The molecule has 0 aliphatic rings. The molecule has 5 heteroatoms. The number of likely N-dealkylation sites (N-methyl/N-ethyl adjacent to an activating group) is 1. The number of nitrogens with zero attached hydrogens (tertiary/aromatic N) is 1. The molecule has 1 atom stereocenters. The summed E-state index contributed by atoms with van der Waals surface area (Å²) in [5.41, 5.74) is 1.92. The van der Waals surface area contributed by atoms with Crippen LogP contribution in [0.4, 0.5) is 5.69 Å². The molecule has 19 heavy (non-hydrogen) atoms. The molecule has 1 amide bonds. The quantitative estimate of drug-likeness (QED) is 0.843. The van der Waals surface area contributed by atoms with Crippen LogP contribution in [0.1, 0.15) is 18.9 Å².